The Labute approximate surface area is 82.8 Å². The summed E-state index contributed by atoms with van der Waals surface area (Å²) in [5.74, 6) is 0.386. The lowest BCUT2D eigenvalue weighted by atomic mass is 10.0. The second kappa shape index (κ2) is 3.10. The number of aliphatic hydroxyl groups is 1. The molecule has 0 spiro atoms. The van der Waals surface area contributed by atoms with Crippen molar-refractivity contribution in [2.45, 2.75) is 37.8 Å². The van der Waals surface area contributed by atoms with Crippen molar-refractivity contribution in [3.63, 3.8) is 0 Å². The van der Waals surface area contributed by atoms with Gasteiger partial charge >= 0.3 is 0 Å². The normalized spacial score (nSPS) is 31.6. The lowest BCUT2D eigenvalue weighted by Crippen LogP contribution is -2.31. The molecule has 1 heterocycles. The SMILES string of the molecule is CC1(O)CCCC1n1ccnc1C#N. The Bertz CT molecular complexity index is 375. The molecule has 2 rings (SSSR count). The fourth-order valence-corrected chi connectivity index (χ4v) is 2.22. The first kappa shape index (κ1) is 9.22. The highest BCUT2D eigenvalue weighted by Crippen LogP contribution is 2.39. The van der Waals surface area contributed by atoms with Gasteiger partial charge in [-0.3, -0.25) is 0 Å². The molecule has 2 atom stereocenters. The highest BCUT2D eigenvalue weighted by molar-refractivity contribution is 5.14. The molecule has 1 N–H and O–H groups in total. The predicted octanol–water partition coefficient (Wildman–Crippen LogP) is 1.23. The lowest BCUT2D eigenvalue weighted by Gasteiger charge is -2.26. The first-order valence-corrected chi connectivity index (χ1v) is 4.80. The Kier molecular flexibility index (Phi) is 2.05. The number of rotatable bonds is 1. The van der Waals surface area contributed by atoms with Gasteiger partial charge in [0.1, 0.15) is 6.07 Å². The van der Waals surface area contributed by atoms with E-state index in [0.29, 0.717) is 5.82 Å². The summed E-state index contributed by atoms with van der Waals surface area (Å²) in [6, 6.07) is 2.03. The average Bonchev–Trinajstić information content (AvgIpc) is 2.69. The van der Waals surface area contributed by atoms with Gasteiger partial charge in [0.25, 0.3) is 0 Å². The van der Waals surface area contributed by atoms with Crippen molar-refractivity contribution in [1.82, 2.24) is 9.55 Å². The molecule has 1 aromatic heterocycles. The van der Waals surface area contributed by atoms with Gasteiger partial charge in [-0.1, -0.05) is 0 Å². The molecule has 1 fully saturated rings. The van der Waals surface area contributed by atoms with Gasteiger partial charge in [0.2, 0.25) is 5.82 Å². The van der Waals surface area contributed by atoms with Crippen LogP contribution < -0.4 is 0 Å². The molecule has 1 saturated carbocycles. The topological polar surface area (TPSA) is 61.8 Å². The molecule has 2 unspecified atom stereocenters. The van der Waals surface area contributed by atoms with E-state index in [1.807, 2.05) is 13.0 Å². The van der Waals surface area contributed by atoms with Crippen molar-refractivity contribution in [2.75, 3.05) is 0 Å². The van der Waals surface area contributed by atoms with Crippen LogP contribution in [0.15, 0.2) is 12.4 Å². The van der Waals surface area contributed by atoms with Gasteiger partial charge in [0, 0.05) is 12.4 Å². The molecule has 0 bridgehead atoms. The number of imidazole rings is 1. The molecule has 14 heavy (non-hydrogen) atoms. The van der Waals surface area contributed by atoms with E-state index in [-0.39, 0.29) is 6.04 Å². The quantitative estimate of drug-likeness (QED) is 0.726. The van der Waals surface area contributed by atoms with Crippen LogP contribution in [-0.4, -0.2) is 20.3 Å². The van der Waals surface area contributed by atoms with Crippen molar-refractivity contribution in [3.05, 3.63) is 18.2 Å². The van der Waals surface area contributed by atoms with E-state index >= 15 is 0 Å². The van der Waals surface area contributed by atoms with Gasteiger partial charge in [-0.05, 0) is 26.2 Å². The van der Waals surface area contributed by atoms with Crippen molar-refractivity contribution in [3.8, 4) is 6.07 Å². The van der Waals surface area contributed by atoms with Crippen molar-refractivity contribution < 1.29 is 5.11 Å². The molecule has 4 nitrogen and oxygen atoms in total. The maximum Gasteiger partial charge on any atom is 0.213 e. The number of hydrogen-bond donors (Lipinski definition) is 1. The standard InChI is InChI=1S/C10H13N3O/c1-10(14)4-2-3-8(10)13-6-5-12-9(13)7-11/h5-6,8,14H,2-4H2,1H3. The Balaban J connectivity index is 2.36. The van der Waals surface area contributed by atoms with Gasteiger partial charge < -0.3 is 9.67 Å². The summed E-state index contributed by atoms with van der Waals surface area (Å²) < 4.78 is 1.78. The van der Waals surface area contributed by atoms with Crippen LogP contribution in [0.3, 0.4) is 0 Å². The zero-order valence-electron chi connectivity index (χ0n) is 8.14. The monoisotopic (exact) mass is 191 g/mol. The second-order valence-electron chi connectivity index (χ2n) is 4.04. The number of aromatic nitrogens is 2. The summed E-state index contributed by atoms with van der Waals surface area (Å²) in [6.45, 7) is 1.83. The van der Waals surface area contributed by atoms with Gasteiger partial charge in [-0.25, -0.2) is 4.98 Å². The zero-order chi connectivity index (χ0) is 10.2. The third-order valence-corrected chi connectivity index (χ3v) is 2.98. The van der Waals surface area contributed by atoms with Gasteiger partial charge in [-0.15, -0.1) is 0 Å². The van der Waals surface area contributed by atoms with Gasteiger partial charge in [-0.2, -0.15) is 5.26 Å². The van der Waals surface area contributed by atoms with Gasteiger partial charge in [0.15, 0.2) is 0 Å². The second-order valence-corrected chi connectivity index (χ2v) is 4.04. The van der Waals surface area contributed by atoms with Crippen LogP contribution in [-0.2, 0) is 0 Å². The average molecular weight is 191 g/mol. The van der Waals surface area contributed by atoms with Crippen molar-refractivity contribution >= 4 is 0 Å². The van der Waals surface area contributed by atoms with E-state index in [1.165, 1.54) is 0 Å². The van der Waals surface area contributed by atoms with Crippen LogP contribution in [0.1, 0.15) is 38.1 Å². The third-order valence-electron chi connectivity index (χ3n) is 2.98. The highest BCUT2D eigenvalue weighted by atomic mass is 16.3. The molecule has 4 heteroatoms. The van der Waals surface area contributed by atoms with Crippen LogP contribution in [0, 0.1) is 11.3 Å². The van der Waals surface area contributed by atoms with Crippen molar-refractivity contribution in [1.29, 1.82) is 5.26 Å². The molecule has 1 aromatic rings. The maximum atomic E-state index is 10.1. The summed E-state index contributed by atoms with van der Waals surface area (Å²) in [4.78, 5) is 3.94. The van der Waals surface area contributed by atoms with Crippen LogP contribution in [0.4, 0.5) is 0 Å². The molecule has 0 radical (unpaired) electrons. The summed E-state index contributed by atoms with van der Waals surface area (Å²) in [5, 5.41) is 18.9. The van der Waals surface area contributed by atoms with E-state index in [2.05, 4.69) is 4.98 Å². The third kappa shape index (κ3) is 1.30. The Morgan fingerprint density at radius 3 is 3.14 bits per heavy atom. The lowest BCUT2D eigenvalue weighted by molar-refractivity contribution is 0.0262. The predicted molar refractivity (Wildman–Crippen MR) is 50.5 cm³/mol. The minimum Gasteiger partial charge on any atom is -0.388 e. The minimum atomic E-state index is -0.702. The van der Waals surface area contributed by atoms with Crippen LogP contribution in [0.25, 0.3) is 0 Å². The Morgan fingerprint density at radius 2 is 2.57 bits per heavy atom. The van der Waals surface area contributed by atoms with Crippen LogP contribution in [0.5, 0.6) is 0 Å². The molecular weight excluding hydrogens is 178 g/mol. The minimum absolute atomic E-state index is 0.000324. The maximum absolute atomic E-state index is 10.1. The fourth-order valence-electron chi connectivity index (χ4n) is 2.22. The Hall–Kier alpha value is -1.34. The van der Waals surface area contributed by atoms with E-state index in [0.717, 1.165) is 19.3 Å². The molecule has 1 aliphatic carbocycles. The van der Waals surface area contributed by atoms with E-state index in [1.54, 1.807) is 17.0 Å². The number of hydrogen-bond acceptors (Lipinski definition) is 3. The van der Waals surface area contributed by atoms with Crippen molar-refractivity contribution in [2.24, 2.45) is 0 Å². The van der Waals surface area contributed by atoms with E-state index in [4.69, 9.17) is 5.26 Å². The molecule has 0 amide bonds. The number of nitriles is 1. The zero-order valence-corrected chi connectivity index (χ0v) is 8.14. The summed E-state index contributed by atoms with van der Waals surface area (Å²) >= 11 is 0. The fraction of sp³-hybridized carbons (Fsp3) is 0.600. The molecule has 0 saturated heterocycles. The first-order chi connectivity index (χ1) is 6.65. The molecular formula is C10H13N3O. The number of nitrogens with zero attached hydrogens (tertiary/aromatic N) is 3. The summed E-state index contributed by atoms with van der Waals surface area (Å²) in [7, 11) is 0. The van der Waals surface area contributed by atoms with E-state index < -0.39 is 5.60 Å². The smallest absolute Gasteiger partial charge is 0.213 e. The summed E-state index contributed by atoms with van der Waals surface area (Å²) in [5.41, 5.74) is -0.702. The summed E-state index contributed by atoms with van der Waals surface area (Å²) in [6.07, 6.45) is 6.08. The largest absolute Gasteiger partial charge is 0.388 e. The first-order valence-electron chi connectivity index (χ1n) is 4.80. The van der Waals surface area contributed by atoms with Crippen LogP contribution in [0.2, 0.25) is 0 Å². The highest BCUT2D eigenvalue weighted by Gasteiger charge is 2.38. The van der Waals surface area contributed by atoms with E-state index in [9.17, 15) is 5.11 Å². The Morgan fingerprint density at radius 1 is 1.79 bits per heavy atom. The molecule has 74 valence electrons. The molecule has 1 aliphatic rings. The van der Waals surface area contributed by atoms with Gasteiger partial charge in [0.05, 0.1) is 11.6 Å². The molecule has 0 aromatic carbocycles. The van der Waals surface area contributed by atoms with Crippen LogP contribution >= 0.6 is 0 Å². The molecule has 0 aliphatic heterocycles.